The quantitative estimate of drug-likeness (QED) is 0.403. The van der Waals surface area contributed by atoms with Crippen molar-refractivity contribution in [1.82, 2.24) is 9.66 Å². The molecule has 0 aliphatic carbocycles. The fraction of sp³-hybridized carbons (Fsp3) is 0. The highest BCUT2D eigenvalue weighted by Gasteiger charge is 2.12. The molecule has 0 bridgehead atoms. The van der Waals surface area contributed by atoms with Crippen molar-refractivity contribution in [3.63, 3.8) is 0 Å². The number of thiophene rings is 1. The first-order valence-electron chi connectivity index (χ1n) is 8.23. The summed E-state index contributed by atoms with van der Waals surface area (Å²) in [5.41, 5.74) is 2.74. The van der Waals surface area contributed by atoms with Crippen LogP contribution in [-0.4, -0.2) is 15.9 Å². The summed E-state index contributed by atoms with van der Waals surface area (Å²) in [6.07, 6.45) is 4.98. The molecular weight excluding hydrogens is 422 g/mol. The van der Waals surface area contributed by atoms with E-state index in [0.717, 1.165) is 21.2 Å². The van der Waals surface area contributed by atoms with E-state index in [9.17, 15) is 4.79 Å². The average molecular weight is 436 g/mol. The Kier molecular flexibility index (Phi) is 5.09. The van der Waals surface area contributed by atoms with Gasteiger partial charge in [0.1, 0.15) is 11.2 Å². The first-order valence-corrected chi connectivity index (χ1v) is 9.90. The zero-order valence-electron chi connectivity index (χ0n) is 14.1. The summed E-state index contributed by atoms with van der Waals surface area (Å²) in [5.74, 6) is 0. The van der Waals surface area contributed by atoms with Crippen molar-refractivity contribution in [1.29, 1.82) is 0 Å². The van der Waals surface area contributed by atoms with Crippen molar-refractivity contribution >= 4 is 49.8 Å². The predicted molar refractivity (Wildman–Crippen MR) is 117 cm³/mol. The molecule has 0 radical (unpaired) electrons. The van der Waals surface area contributed by atoms with Crippen LogP contribution in [-0.2, 0) is 0 Å². The Labute approximate surface area is 168 Å². The Hall–Kier alpha value is -2.83. The molecule has 27 heavy (non-hydrogen) atoms. The van der Waals surface area contributed by atoms with E-state index in [1.54, 1.807) is 6.21 Å². The van der Waals surface area contributed by atoms with Crippen LogP contribution in [0, 0.1) is 0 Å². The van der Waals surface area contributed by atoms with Crippen LogP contribution in [0.2, 0.25) is 0 Å². The van der Waals surface area contributed by atoms with Crippen molar-refractivity contribution in [2.24, 2.45) is 5.10 Å². The fourth-order valence-corrected chi connectivity index (χ4v) is 3.96. The molecule has 0 amide bonds. The molecule has 0 unspecified atom stereocenters. The molecule has 2 aromatic carbocycles. The molecule has 0 aliphatic rings. The highest BCUT2D eigenvalue weighted by Crippen LogP contribution is 2.30. The lowest BCUT2D eigenvalue weighted by molar-refractivity contribution is 0.819. The molecule has 4 rings (SSSR count). The summed E-state index contributed by atoms with van der Waals surface area (Å²) < 4.78 is 2.02. The van der Waals surface area contributed by atoms with Gasteiger partial charge >= 0.3 is 0 Å². The number of rotatable bonds is 4. The molecular formula is C21H14BrN3OS. The predicted octanol–water partition coefficient (Wildman–Crippen LogP) is 5.39. The molecule has 0 N–H and O–H groups in total. The second-order valence-corrected chi connectivity index (χ2v) is 7.55. The molecule has 2 aromatic heterocycles. The van der Waals surface area contributed by atoms with Crippen LogP contribution in [0.1, 0.15) is 5.56 Å². The van der Waals surface area contributed by atoms with E-state index in [4.69, 9.17) is 0 Å². The third-order valence-electron chi connectivity index (χ3n) is 3.97. The van der Waals surface area contributed by atoms with Gasteiger partial charge in [-0.05, 0) is 33.1 Å². The molecule has 0 spiro atoms. The minimum atomic E-state index is -0.184. The first kappa shape index (κ1) is 17.6. The van der Waals surface area contributed by atoms with Gasteiger partial charge in [0, 0.05) is 15.4 Å². The molecule has 0 saturated carbocycles. The smallest absolute Gasteiger partial charge is 0.267 e. The van der Waals surface area contributed by atoms with Crippen LogP contribution >= 0.6 is 27.3 Å². The van der Waals surface area contributed by atoms with Gasteiger partial charge in [0.2, 0.25) is 0 Å². The van der Waals surface area contributed by atoms with Crippen molar-refractivity contribution in [3.05, 3.63) is 92.8 Å². The highest BCUT2D eigenvalue weighted by atomic mass is 79.9. The number of aromatic nitrogens is 2. The van der Waals surface area contributed by atoms with Gasteiger partial charge in [-0.1, -0.05) is 60.7 Å². The Balaban J connectivity index is 1.72. The van der Waals surface area contributed by atoms with Crippen molar-refractivity contribution in [2.45, 2.75) is 0 Å². The summed E-state index contributed by atoms with van der Waals surface area (Å²) in [7, 11) is 0. The van der Waals surface area contributed by atoms with Gasteiger partial charge in [-0.3, -0.25) is 4.79 Å². The van der Waals surface area contributed by atoms with Crippen LogP contribution in [0.4, 0.5) is 0 Å². The fourth-order valence-electron chi connectivity index (χ4n) is 2.70. The summed E-state index contributed by atoms with van der Waals surface area (Å²) in [6, 6.07) is 19.7. The summed E-state index contributed by atoms with van der Waals surface area (Å²) >= 11 is 4.93. The average Bonchev–Trinajstić information content (AvgIpc) is 3.14. The molecule has 132 valence electrons. The molecule has 6 heteroatoms. The molecule has 0 atom stereocenters. The Morgan fingerprint density at radius 1 is 1.07 bits per heavy atom. The van der Waals surface area contributed by atoms with E-state index < -0.39 is 0 Å². The van der Waals surface area contributed by atoms with E-state index in [1.807, 2.05) is 72.1 Å². The maximum Gasteiger partial charge on any atom is 0.283 e. The van der Waals surface area contributed by atoms with E-state index in [2.05, 4.69) is 26.0 Å². The van der Waals surface area contributed by atoms with E-state index in [1.165, 1.54) is 22.3 Å². The van der Waals surface area contributed by atoms with Crippen molar-refractivity contribution in [2.75, 3.05) is 0 Å². The summed E-state index contributed by atoms with van der Waals surface area (Å²) in [5, 5.41) is 6.83. The topological polar surface area (TPSA) is 47.2 Å². The molecule has 0 fully saturated rings. The summed E-state index contributed by atoms with van der Waals surface area (Å²) in [4.78, 5) is 18.0. The standard InChI is InChI=1S/C21H14BrN3OS/c22-17(11-15-7-3-1-4-8-15)12-24-25-14-23-20-19(21(25)26)18(13-27-20)16-9-5-2-6-10-16/h1-14H. The van der Waals surface area contributed by atoms with Crippen LogP contribution in [0.15, 0.2) is 86.7 Å². The third-order valence-corrected chi connectivity index (χ3v) is 5.29. The van der Waals surface area contributed by atoms with Gasteiger partial charge in [-0.2, -0.15) is 9.78 Å². The van der Waals surface area contributed by atoms with Gasteiger partial charge in [0.05, 0.1) is 11.6 Å². The van der Waals surface area contributed by atoms with E-state index in [-0.39, 0.29) is 5.56 Å². The molecule has 2 heterocycles. The number of halogens is 1. The number of nitrogens with zero attached hydrogens (tertiary/aromatic N) is 3. The van der Waals surface area contributed by atoms with Gasteiger partial charge in [0.15, 0.2) is 0 Å². The number of benzene rings is 2. The minimum Gasteiger partial charge on any atom is -0.267 e. The van der Waals surface area contributed by atoms with Crippen molar-refractivity contribution in [3.8, 4) is 11.1 Å². The first-order chi connectivity index (χ1) is 13.2. The Bertz CT molecular complexity index is 1190. The highest BCUT2D eigenvalue weighted by molar-refractivity contribution is 9.12. The maximum atomic E-state index is 12.9. The van der Waals surface area contributed by atoms with Gasteiger partial charge in [-0.15, -0.1) is 11.3 Å². The van der Waals surface area contributed by atoms with Crippen LogP contribution < -0.4 is 5.56 Å². The largest absolute Gasteiger partial charge is 0.283 e. The zero-order valence-corrected chi connectivity index (χ0v) is 16.5. The number of hydrogen-bond acceptors (Lipinski definition) is 4. The molecule has 4 nitrogen and oxygen atoms in total. The van der Waals surface area contributed by atoms with Crippen LogP contribution in [0.25, 0.3) is 27.4 Å². The normalized spacial score (nSPS) is 12.1. The van der Waals surface area contributed by atoms with Crippen molar-refractivity contribution < 1.29 is 0 Å². The lowest BCUT2D eigenvalue weighted by Gasteiger charge is -2.01. The molecule has 0 aliphatic heterocycles. The minimum absolute atomic E-state index is 0.184. The lowest BCUT2D eigenvalue weighted by Crippen LogP contribution is -2.16. The third kappa shape index (κ3) is 3.82. The van der Waals surface area contributed by atoms with Gasteiger partial charge in [0.25, 0.3) is 5.56 Å². The Morgan fingerprint density at radius 2 is 1.78 bits per heavy atom. The SMILES string of the molecule is O=c1c2c(-c3ccccc3)csc2ncn1N=CC(Br)=Cc1ccccc1. The van der Waals surface area contributed by atoms with E-state index >= 15 is 0 Å². The number of fused-ring (bicyclic) bond motifs is 1. The second kappa shape index (κ2) is 7.82. The number of allylic oxidation sites excluding steroid dienone is 1. The zero-order chi connectivity index (χ0) is 18.6. The lowest BCUT2D eigenvalue weighted by atomic mass is 10.1. The summed E-state index contributed by atoms with van der Waals surface area (Å²) in [6.45, 7) is 0. The molecule has 4 aromatic rings. The number of hydrogen-bond donors (Lipinski definition) is 0. The monoisotopic (exact) mass is 435 g/mol. The second-order valence-electron chi connectivity index (χ2n) is 5.77. The van der Waals surface area contributed by atoms with Crippen LogP contribution in [0.3, 0.4) is 0 Å². The van der Waals surface area contributed by atoms with Crippen LogP contribution in [0.5, 0.6) is 0 Å². The van der Waals surface area contributed by atoms with E-state index in [0.29, 0.717) is 10.2 Å². The maximum absolute atomic E-state index is 12.9. The molecule has 0 saturated heterocycles. The Morgan fingerprint density at radius 3 is 2.52 bits per heavy atom. The van der Waals surface area contributed by atoms with Gasteiger partial charge < -0.3 is 0 Å². The van der Waals surface area contributed by atoms with Gasteiger partial charge in [-0.25, -0.2) is 4.98 Å².